The fourth-order valence-corrected chi connectivity index (χ4v) is 5.49. The van der Waals surface area contributed by atoms with Crippen molar-refractivity contribution in [2.75, 3.05) is 46.3 Å². The molecule has 0 saturated carbocycles. The minimum absolute atomic E-state index is 0.0696. The van der Waals surface area contributed by atoms with Crippen molar-refractivity contribution < 1.29 is 4.79 Å². The Hall–Kier alpha value is -0.450. The summed E-state index contributed by atoms with van der Waals surface area (Å²) in [6.07, 6.45) is 3.49. The van der Waals surface area contributed by atoms with Gasteiger partial charge in [-0.25, -0.2) is 0 Å². The zero-order valence-electron chi connectivity index (χ0n) is 13.1. The molecule has 4 bridgehead atoms. The van der Waals surface area contributed by atoms with E-state index in [-0.39, 0.29) is 16.5 Å². The molecule has 0 aromatic rings. The lowest BCUT2D eigenvalue weighted by Crippen LogP contribution is -2.84. The summed E-state index contributed by atoms with van der Waals surface area (Å²) in [4.78, 5) is 20.7. The van der Waals surface area contributed by atoms with E-state index < -0.39 is 0 Å². The fraction of sp³-hybridized carbons (Fsp3) is 0.938. The van der Waals surface area contributed by atoms with E-state index in [4.69, 9.17) is 0 Å². The Morgan fingerprint density at radius 1 is 1.05 bits per heavy atom. The molecule has 0 aromatic heterocycles. The molecule has 5 saturated heterocycles. The molecule has 5 rings (SSSR count). The normalized spacial score (nSPS) is 50.0. The molecule has 5 fully saturated rings. The highest BCUT2D eigenvalue weighted by Gasteiger charge is 2.67. The minimum Gasteiger partial charge on any atom is -0.306 e. The molecule has 2 atom stereocenters. The molecule has 112 valence electrons. The van der Waals surface area contributed by atoms with Gasteiger partial charge in [-0.1, -0.05) is 13.8 Å². The maximum Gasteiger partial charge on any atom is 0.150 e. The SMILES string of the molecule is CCC12CN3CC(C)(CN(C1)C31CCN(C)CC1)C2=O. The quantitative estimate of drug-likeness (QED) is 0.715. The van der Waals surface area contributed by atoms with E-state index >= 15 is 0 Å². The Kier molecular flexibility index (Phi) is 2.54. The van der Waals surface area contributed by atoms with Gasteiger partial charge in [0.05, 0.1) is 16.5 Å². The Morgan fingerprint density at radius 3 is 2.10 bits per heavy atom. The van der Waals surface area contributed by atoms with Crippen LogP contribution in [-0.4, -0.2) is 72.5 Å². The van der Waals surface area contributed by atoms with E-state index in [2.05, 4.69) is 35.6 Å². The molecule has 2 unspecified atom stereocenters. The first-order chi connectivity index (χ1) is 9.44. The minimum atomic E-state index is -0.110. The maximum absolute atomic E-state index is 12.9. The van der Waals surface area contributed by atoms with E-state index in [0.29, 0.717) is 5.78 Å². The monoisotopic (exact) mass is 277 g/mol. The van der Waals surface area contributed by atoms with Crippen molar-refractivity contribution in [1.82, 2.24) is 14.7 Å². The molecule has 5 aliphatic heterocycles. The van der Waals surface area contributed by atoms with Crippen LogP contribution < -0.4 is 0 Å². The van der Waals surface area contributed by atoms with Gasteiger partial charge in [-0.15, -0.1) is 0 Å². The van der Waals surface area contributed by atoms with Crippen molar-refractivity contribution in [3.63, 3.8) is 0 Å². The number of hydrogen-bond acceptors (Lipinski definition) is 4. The second-order valence-electron chi connectivity index (χ2n) is 8.02. The van der Waals surface area contributed by atoms with E-state index in [1.54, 1.807) is 0 Å². The average molecular weight is 277 g/mol. The van der Waals surface area contributed by atoms with Crippen LogP contribution >= 0.6 is 0 Å². The second kappa shape index (κ2) is 3.84. The summed E-state index contributed by atoms with van der Waals surface area (Å²) in [6, 6.07) is 0. The Morgan fingerprint density at radius 2 is 1.60 bits per heavy atom. The van der Waals surface area contributed by atoms with E-state index in [9.17, 15) is 4.79 Å². The third-order valence-corrected chi connectivity index (χ3v) is 6.74. The molecule has 0 N–H and O–H groups in total. The lowest BCUT2D eigenvalue weighted by Gasteiger charge is -2.71. The Labute approximate surface area is 122 Å². The molecule has 4 nitrogen and oxygen atoms in total. The number of carbonyl (C=O) groups is 1. The van der Waals surface area contributed by atoms with Crippen LogP contribution in [0.15, 0.2) is 0 Å². The zero-order chi connectivity index (χ0) is 14.2. The van der Waals surface area contributed by atoms with Gasteiger partial charge in [0.1, 0.15) is 5.78 Å². The first-order valence-electron chi connectivity index (χ1n) is 8.18. The molecule has 5 heterocycles. The molecule has 0 radical (unpaired) electrons. The number of ketones is 1. The highest BCUT2D eigenvalue weighted by molar-refractivity contribution is 5.93. The summed E-state index contributed by atoms with van der Waals surface area (Å²) in [7, 11) is 2.23. The van der Waals surface area contributed by atoms with Gasteiger partial charge in [0, 0.05) is 39.3 Å². The predicted molar refractivity (Wildman–Crippen MR) is 78.4 cm³/mol. The topological polar surface area (TPSA) is 26.8 Å². The van der Waals surface area contributed by atoms with Gasteiger partial charge in [0.15, 0.2) is 0 Å². The predicted octanol–water partition coefficient (Wildman–Crippen LogP) is 1.02. The van der Waals surface area contributed by atoms with E-state index in [0.717, 1.165) is 32.6 Å². The van der Waals surface area contributed by atoms with Gasteiger partial charge in [-0.3, -0.25) is 14.6 Å². The summed E-state index contributed by atoms with van der Waals surface area (Å²) in [5, 5.41) is 0. The number of carbonyl (C=O) groups excluding carboxylic acids is 1. The molecule has 4 heteroatoms. The highest BCUT2D eigenvalue weighted by Crippen LogP contribution is 2.55. The number of likely N-dealkylation sites (tertiary alicyclic amines) is 1. The second-order valence-corrected chi connectivity index (χ2v) is 8.02. The van der Waals surface area contributed by atoms with Gasteiger partial charge in [0.2, 0.25) is 0 Å². The molecule has 5 aliphatic rings. The number of nitrogens with zero attached hydrogens (tertiary/aromatic N) is 3. The molecular formula is C16H27N3O. The third kappa shape index (κ3) is 1.40. The van der Waals surface area contributed by atoms with Crippen LogP contribution in [0.1, 0.15) is 33.1 Å². The van der Waals surface area contributed by atoms with Gasteiger partial charge < -0.3 is 4.90 Å². The van der Waals surface area contributed by atoms with Crippen LogP contribution in [0.5, 0.6) is 0 Å². The number of rotatable bonds is 1. The van der Waals surface area contributed by atoms with Crippen molar-refractivity contribution in [2.45, 2.75) is 38.8 Å². The van der Waals surface area contributed by atoms with Crippen molar-refractivity contribution in [1.29, 1.82) is 0 Å². The summed E-state index contributed by atoms with van der Waals surface area (Å²) in [6.45, 7) is 10.8. The van der Waals surface area contributed by atoms with Crippen LogP contribution in [0, 0.1) is 10.8 Å². The fourth-order valence-electron chi connectivity index (χ4n) is 5.49. The number of Topliss-reactive ketones (excluding diaryl/α,β-unsaturated/α-hetero) is 1. The van der Waals surface area contributed by atoms with Crippen LogP contribution in [0.2, 0.25) is 0 Å². The maximum atomic E-state index is 12.9. The Bertz CT molecular complexity index is 435. The highest BCUT2D eigenvalue weighted by atomic mass is 16.1. The van der Waals surface area contributed by atoms with Crippen molar-refractivity contribution in [2.24, 2.45) is 10.8 Å². The standard InChI is InChI=1S/C16H27N3O/c1-4-15-11-18-9-14(2,13(15)20)10-19(12-15)16(18)5-7-17(3)8-6-16/h4-12H2,1-3H3. The van der Waals surface area contributed by atoms with Crippen molar-refractivity contribution in [3.05, 3.63) is 0 Å². The summed E-state index contributed by atoms with van der Waals surface area (Å²) < 4.78 is 0. The third-order valence-electron chi connectivity index (χ3n) is 6.74. The molecule has 0 amide bonds. The van der Waals surface area contributed by atoms with E-state index in [1.165, 1.54) is 25.9 Å². The lowest BCUT2D eigenvalue weighted by molar-refractivity contribution is -0.242. The van der Waals surface area contributed by atoms with Crippen molar-refractivity contribution >= 4 is 5.78 Å². The van der Waals surface area contributed by atoms with Crippen LogP contribution in [0.4, 0.5) is 0 Å². The zero-order valence-corrected chi connectivity index (χ0v) is 13.1. The first kappa shape index (κ1) is 13.2. The van der Waals surface area contributed by atoms with E-state index in [1.807, 2.05) is 0 Å². The summed E-state index contributed by atoms with van der Waals surface area (Å²) >= 11 is 0. The Balaban J connectivity index is 1.72. The summed E-state index contributed by atoms with van der Waals surface area (Å²) in [5.74, 6) is 0.558. The van der Waals surface area contributed by atoms with Gasteiger partial charge in [0.25, 0.3) is 0 Å². The van der Waals surface area contributed by atoms with Gasteiger partial charge in [-0.05, 0) is 26.3 Å². The molecule has 1 spiro atoms. The van der Waals surface area contributed by atoms with Crippen LogP contribution in [-0.2, 0) is 4.79 Å². The largest absolute Gasteiger partial charge is 0.306 e. The van der Waals surface area contributed by atoms with Crippen LogP contribution in [0.3, 0.4) is 0 Å². The molecule has 0 aromatic carbocycles. The summed E-state index contributed by atoms with van der Waals surface area (Å²) in [5.41, 5.74) is 0.0896. The smallest absolute Gasteiger partial charge is 0.150 e. The molecule has 20 heavy (non-hydrogen) atoms. The van der Waals surface area contributed by atoms with Crippen molar-refractivity contribution in [3.8, 4) is 0 Å². The van der Waals surface area contributed by atoms with Gasteiger partial charge >= 0.3 is 0 Å². The average Bonchev–Trinajstić information content (AvgIpc) is 2.42. The number of piperidine rings is 3. The first-order valence-corrected chi connectivity index (χ1v) is 8.18. The number of hydrogen-bond donors (Lipinski definition) is 0. The molecule has 0 aliphatic carbocycles. The van der Waals surface area contributed by atoms with Gasteiger partial charge in [-0.2, -0.15) is 0 Å². The molecular weight excluding hydrogens is 250 g/mol. The lowest BCUT2D eigenvalue weighted by atomic mass is 9.58. The van der Waals surface area contributed by atoms with Crippen LogP contribution in [0.25, 0.3) is 0 Å².